The Morgan fingerprint density at radius 1 is 1.19 bits per heavy atom. The van der Waals surface area contributed by atoms with Crippen molar-refractivity contribution in [3.63, 3.8) is 0 Å². The zero-order valence-electron chi connectivity index (χ0n) is 16.1. The lowest BCUT2D eigenvalue weighted by Crippen LogP contribution is -2.47. The van der Waals surface area contributed by atoms with Gasteiger partial charge in [0.25, 0.3) is 5.91 Å². The van der Waals surface area contributed by atoms with Crippen molar-refractivity contribution in [3.05, 3.63) is 46.7 Å². The quantitative estimate of drug-likeness (QED) is 0.852. The van der Waals surface area contributed by atoms with Gasteiger partial charge in [-0.05, 0) is 44.5 Å². The summed E-state index contributed by atoms with van der Waals surface area (Å²) in [7, 11) is 0. The lowest BCUT2D eigenvalue weighted by atomic mass is 10.2. The number of carbonyl (C=O) groups excluding carboxylic acids is 1. The van der Waals surface area contributed by atoms with Crippen molar-refractivity contribution in [1.29, 1.82) is 0 Å². The van der Waals surface area contributed by atoms with E-state index in [1.807, 2.05) is 39.0 Å². The van der Waals surface area contributed by atoms with E-state index < -0.39 is 0 Å². The molecule has 7 heteroatoms. The molecular formula is C20H26ClN5O. The van der Waals surface area contributed by atoms with E-state index in [0.717, 1.165) is 49.0 Å². The Morgan fingerprint density at radius 3 is 2.56 bits per heavy atom. The van der Waals surface area contributed by atoms with Crippen LogP contribution in [0, 0.1) is 6.92 Å². The first-order valence-corrected chi connectivity index (χ1v) is 9.76. The molecule has 1 atom stereocenters. The Morgan fingerprint density at radius 2 is 1.89 bits per heavy atom. The van der Waals surface area contributed by atoms with Gasteiger partial charge in [-0.2, -0.15) is 0 Å². The number of piperazine rings is 1. The third kappa shape index (κ3) is 4.89. The van der Waals surface area contributed by atoms with Gasteiger partial charge in [-0.3, -0.25) is 4.79 Å². The predicted molar refractivity (Wildman–Crippen MR) is 110 cm³/mol. The third-order valence-corrected chi connectivity index (χ3v) is 5.04. The predicted octanol–water partition coefficient (Wildman–Crippen LogP) is 3.29. The number of hydrogen-bond acceptors (Lipinski definition) is 5. The van der Waals surface area contributed by atoms with Crippen molar-refractivity contribution in [2.45, 2.75) is 33.2 Å². The van der Waals surface area contributed by atoms with Crippen LogP contribution in [0.3, 0.4) is 0 Å². The molecule has 1 saturated heterocycles. The molecule has 1 fully saturated rings. The van der Waals surface area contributed by atoms with Gasteiger partial charge in [-0.15, -0.1) is 0 Å². The second kappa shape index (κ2) is 8.57. The Kier molecular flexibility index (Phi) is 6.16. The van der Waals surface area contributed by atoms with E-state index in [4.69, 9.17) is 11.6 Å². The number of aromatic nitrogens is 2. The number of nitrogens with one attached hydrogen (secondary N) is 1. The lowest BCUT2D eigenvalue weighted by molar-refractivity contribution is 0.0934. The second-order valence-electron chi connectivity index (χ2n) is 6.93. The monoisotopic (exact) mass is 387 g/mol. The first-order chi connectivity index (χ1) is 13.0. The zero-order chi connectivity index (χ0) is 19.4. The molecule has 0 bridgehead atoms. The zero-order valence-corrected chi connectivity index (χ0v) is 16.8. The molecule has 0 spiro atoms. The number of aryl methyl sites for hydroxylation is 1. The van der Waals surface area contributed by atoms with Crippen LogP contribution >= 0.6 is 11.6 Å². The summed E-state index contributed by atoms with van der Waals surface area (Å²) in [5.74, 6) is 0.476. The van der Waals surface area contributed by atoms with E-state index in [2.05, 4.69) is 31.2 Å². The van der Waals surface area contributed by atoms with Crippen LogP contribution in [0.25, 0.3) is 0 Å². The molecule has 3 rings (SSSR count). The first kappa shape index (κ1) is 19.4. The maximum absolute atomic E-state index is 12.4. The van der Waals surface area contributed by atoms with E-state index in [9.17, 15) is 4.79 Å². The molecule has 6 nitrogen and oxygen atoms in total. The van der Waals surface area contributed by atoms with Crippen LogP contribution in [-0.2, 0) is 0 Å². The summed E-state index contributed by atoms with van der Waals surface area (Å²) in [4.78, 5) is 25.9. The van der Waals surface area contributed by atoms with Gasteiger partial charge in [0.2, 0.25) is 5.95 Å². The van der Waals surface area contributed by atoms with Crippen molar-refractivity contribution in [1.82, 2.24) is 15.3 Å². The van der Waals surface area contributed by atoms with Crippen molar-refractivity contribution in [3.8, 4) is 0 Å². The molecule has 1 unspecified atom stereocenters. The third-order valence-electron chi connectivity index (χ3n) is 4.80. The van der Waals surface area contributed by atoms with Gasteiger partial charge >= 0.3 is 0 Å². The number of hydrogen-bond donors (Lipinski definition) is 1. The average molecular weight is 388 g/mol. The summed E-state index contributed by atoms with van der Waals surface area (Å²) in [5.41, 5.74) is 2.35. The normalized spacial score (nSPS) is 15.6. The number of rotatable bonds is 5. The molecule has 1 aliphatic heterocycles. The van der Waals surface area contributed by atoms with Crippen LogP contribution in [0.5, 0.6) is 0 Å². The van der Waals surface area contributed by atoms with E-state index in [0.29, 0.717) is 11.6 Å². The minimum Gasteiger partial charge on any atom is -0.368 e. The van der Waals surface area contributed by atoms with Gasteiger partial charge in [-0.1, -0.05) is 24.6 Å². The molecule has 1 amide bonds. The standard InChI is InChI=1S/C20H26ClN5O/c1-4-14(2)22-19(27)18-12-15(3)23-20(24-18)26-10-8-25(9-11-26)17-7-5-6-16(21)13-17/h5-7,12-14H,4,8-11H2,1-3H3,(H,22,27). The number of carbonyl (C=O) groups is 1. The average Bonchev–Trinajstić information content (AvgIpc) is 2.67. The fourth-order valence-electron chi connectivity index (χ4n) is 3.05. The van der Waals surface area contributed by atoms with E-state index in [1.54, 1.807) is 6.07 Å². The fraction of sp³-hybridized carbons (Fsp3) is 0.450. The molecule has 0 aliphatic carbocycles. The van der Waals surface area contributed by atoms with Crippen LogP contribution in [0.15, 0.2) is 30.3 Å². The summed E-state index contributed by atoms with van der Waals surface area (Å²) in [6.45, 7) is 9.22. The van der Waals surface area contributed by atoms with E-state index in [1.165, 1.54) is 0 Å². The topological polar surface area (TPSA) is 61.4 Å². The second-order valence-corrected chi connectivity index (χ2v) is 7.37. The highest BCUT2D eigenvalue weighted by Gasteiger charge is 2.21. The maximum atomic E-state index is 12.4. The molecule has 27 heavy (non-hydrogen) atoms. The Bertz CT molecular complexity index is 805. The number of nitrogens with zero attached hydrogens (tertiary/aromatic N) is 4. The molecule has 144 valence electrons. The summed E-state index contributed by atoms with van der Waals surface area (Å²) in [5, 5.41) is 3.71. The number of amides is 1. The summed E-state index contributed by atoms with van der Waals surface area (Å²) < 4.78 is 0. The van der Waals surface area contributed by atoms with E-state index in [-0.39, 0.29) is 11.9 Å². The van der Waals surface area contributed by atoms with Gasteiger partial charge in [0.05, 0.1) is 0 Å². The number of halogens is 1. The highest BCUT2D eigenvalue weighted by molar-refractivity contribution is 6.30. The molecule has 1 aromatic carbocycles. The molecule has 1 aromatic heterocycles. The van der Waals surface area contributed by atoms with Gasteiger partial charge in [0, 0.05) is 48.6 Å². The summed E-state index contributed by atoms with van der Waals surface area (Å²) in [6, 6.07) is 9.77. The maximum Gasteiger partial charge on any atom is 0.270 e. The largest absolute Gasteiger partial charge is 0.368 e. The number of benzene rings is 1. The van der Waals surface area contributed by atoms with Crippen LogP contribution in [-0.4, -0.2) is 48.1 Å². The van der Waals surface area contributed by atoms with Crippen LogP contribution < -0.4 is 15.1 Å². The lowest BCUT2D eigenvalue weighted by Gasteiger charge is -2.36. The van der Waals surface area contributed by atoms with Crippen molar-refractivity contribution in [2.75, 3.05) is 36.0 Å². The Balaban J connectivity index is 1.69. The minimum atomic E-state index is -0.145. The molecule has 2 aromatic rings. The Labute approximate surface area is 165 Å². The van der Waals surface area contributed by atoms with Crippen molar-refractivity contribution < 1.29 is 4.79 Å². The van der Waals surface area contributed by atoms with E-state index >= 15 is 0 Å². The van der Waals surface area contributed by atoms with Gasteiger partial charge in [-0.25, -0.2) is 9.97 Å². The highest BCUT2D eigenvalue weighted by atomic mass is 35.5. The summed E-state index contributed by atoms with van der Waals surface area (Å²) >= 11 is 6.10. The molecule has 1 aliphatic rings. The van der Waals surface area contributed by atoms with Crippen molar-refractivity contribution >= 4 is 29.1 Å². The smallest absolute Gasteiger partial charge is 0.270 e. The Hall–Kier alpha value is -2.34. The van der Waals surface area contributed by atoms with Crippen LogP contribution in [0.1, 0.15) is 36.5 Å². The summed E-state index contributed by atoms with van der Waals surface area (Å²) in [6.07, 6.45) is 0.883. The molecule has 0 radical (unpaired) electrons. The molecule has 0 saturated carbocycles. The number of anilines is 2. The van der Waals surface area contributed by atoms with Gasteiger partial charge < -0.3 is 15.1 Å². The van der Waals surface area contributed by atoms with Crippen LogP contribution in [0.4, 0.5) is 11.6 Å². The molecular weight excluding hydrogens is 362 g/mol. The fourth-order valence-corrected chi connectivity index (χ4v) is 3.23. The van der Waals surface area contributed by atoms with Gasteiger partial charge in [0.1, 0.15) is 5.69 Å². The van der Waals surface area contributed by atoms with Gasteiger partial charge in [0.15, 0.2) is 0 Å². The first-order valence-electron chi connectivity index (χ1n) is 9.38. The molecule has 2 heterocycles. The highest BCUT2D eigenvalue weighted by Crippen LogP contribution is 2.22. The SMILES string of the molecule is CCC(C)NC(=O)c1cc(C)nc(N2CCN(c3cccc(Cl)c3)CC2)n1. The minimum absolute atomic E-state index is 0.123. The van der Waals surface area contributed by atoms with Crippen LogP contribution in [0.2, 0.25) is 5.02 Å². The van der Waals surface area contributed by atoms with Crippen molar-refractivity contribution in [2.24, 2.45) is 0 Å². The molecule has 1 N–H and O–H groups in total.